The zero-order chi connectivity index (χ0) is 19.5. The van der Waals surface area contributed by atoms with Gasteiger partial charge >= 0.3 is 0 Å². The van der Waals surface area contributed by atoms with Gasteiger partial charge in [-0.05, 0) is 43.5 Å². The fourth-order valence-corrected chi connectivity index (χ4v) is 4.10. The maximum atomic E-state index is 4.92. The minimum absolute atomic E-state index is 0.200. The standard InChI is InChI=1S/C23H34N2Si/c1-9-22-21-13-11-10-12-20(21)15-14-17(2)23(19(4)24-22)25(5)16-18(3)26(6,7)8/h9-13,16-17,23H,1,4,14-15H2,2-3,5-8H3/b18-16+,24-22?. The molecule has 0 fully saturated rings. The molecule has 1 aromatic carbocycles. The predicted octanol–water partition coefficient (Wildman–Crippen LogP) is 5.84. The molecule has 0 spiro atoms. The highest BCUT2D eigenvalue weighted by Gasteiger charge is 2.26. The lowest BCUT2D eigenvalue weighted by Gasteiger charge is -2.33. The highest BCUT2D eigenvalue weighted by Crippen LogP contribution is 2.28. The summed E-state index contributed by atoms with van der Waals surface area (Å²) >= 11 is 0. The number of hydrogen-bond donors (Lipinski definition) is 0. The molecule has 0 saturated heterocycles. The van der Waals surface area contributed by atoms with E-state index in [1.807, 2.05) is 6.08 Å². The molecule has 0 aromatic heterocycles. The molecule has 0 amide bonds. The number of hydrogen-bond acceptors (Lipinski definition) is 2. The Morgan fingerprint density at radius 1 is 1.27 bits per heavy atom. The van der Waals surface area contributed by atoms with Crippen LogP contribution in [-0.2, 0) is 6.42 Å². The summed E-state index contributed by atoms with van der Waals surface area (Å²) in [5.41, 5.74) is 4.39. The topological polar surface area (TPSA) is 15.6 Å². The second kappa shape index (κ2) is 8.21. The van der Waals surface area contributed by atoms with Crippen LogP contribution in [0.25, 0.3) is 0 Å². The molecule has 2 unspecified atom stereocenters. The van der Waals surface area contributed by atoms with Crippen molar-refractivity contribution < 1.29 is 0 Å². The van der Waals surface area contributed by atoms with Crippen LogP contribution in [0.2, 0.25) is 19.6 Å². The van der Waals surface area contributed by atoms with E-state index < -0.39 is 8.07 Å². The van der Waals surface area contributed by atoms with Crippen molar-refractivity contribution in [2.24, 2.45) is 10.9 Å². The van der Waals surface area contributed by atoms with Crippen molar-refractivity contribution in [3.05, 3.63) is 71.7 Å². The molecule has 1 aromatic rings. The molecule has 3 heteroatoms. The predicted molar refractivity (Wildman–Crippen MR) is 118 cm³/mol. The van der Waals surface area contributed by atoms with Gasteiger partial charge in [0.2, 0.25) is 0 Å². The van der Waals surface area contributed by atoms with E-state index in [0.717, 1.165) is 24.3 Å². The fraction of sp³-hybridized carbons (Fsp3) is 0.435. The summed E-state index contributed by atoms with van der Waals surface area (Å²) in [5, 5.41) is 1.50. The van der Waals surface area contributed by atoms with E-state index >= 15 is 0 Å². The molecule has 1 aliphatic rings. The molecule has 26 heavy (non-hydrogen) atoms. The summed E-state index contributed by atoms with van der Waals surface area (Å²) in [6.45, 7) is 20.1. The summed E-state index contributed by atoms with van der Waals surface area (Å²) in [4.78, 5) is 7.26. The number of aliphatic imine (C=N–C) groups is 1. The van der Waals surface area contributed by atoms with Gasteiger partial charge in [0.05, 0.1) is 25.5 Å². The Balaban J connectivity index is 2.44. The van der Waals surface area contributed by atoms with Crippen LogP contribution in [0.15, 0.2) is 65.6 Å². The van der Waals surface area contributed by atoms with Gasteiger partial charge in [-0.1, -0.05) is 69.2 Å². The van der Waals surface area contributed by atoms with Gasteiger partial charge in [0.15, 0.2) is 0 Å². The molecule has 0 radical (unpaired) electrons. The number of rotatable bonds is 4. The highest BCUT2D eigenvalue weighted by atomic mass is 28.3. The molecular weight excluding hydrogens is 332 g/mol. The molecule has 2 atom stereocenters. The van der Waals surface area contributed by atoms with Crippen LogP contribution < -0.4 is 0 Å². The van der Waals surface area contributed by atoms with E-state index in [2.05, 4.69) is 89.1 Å². The van der Waals surface area contributed by atoms with Crippen LogP contribution in [0.4, 0.5) is 0 Å². The van der Waals surface area contributed by atoms with Crippen molar-refractivity contribution >= 4 is 13.8 Å². The Labute approximate surface area is 161 Å². The summed E-state index contributed by atoms with van der Waals surface area (Å²) in [7, 11) is 0.873. The van der Waals surface area contributed by atoms with Crippen molar-refractivity contribution in [2.75, 3.05) is 7.05 Å². The molecule has 0 N–H and O–H groups in total. The van der Waals surface area contributed by atoms with Crippen molar-refractivity contribution in [1.29, 1.82) is 0 Å². The molecule has 0 bridgehead atoms. The Morgan fingerprint density at radius 2 is 1.92 bits per heavy atom. The van der Waals surface area contributed by atoms with E-state index in [9.17, 15) is 0 Å². The summed E-state index contributed by atoms with van der Waals surface area (Å²) in [5.74, 6) is 0.471. The number of allylic oxidation sites excluding steroid dienone is 2. The number of likely N-dealkylation sites (N-methyl/N-ethyl adjacent to an activating group) is 1. The molecule has 1 heterocycles. The van der Waals surface area contributed by atoms with Crippen LogP contribution in [0, 0.1) is 5.92 Å². The van der Waals surface area contributed by atoms with Crippen molar-refractivity contribution in [3.8, 4) is 0 Å². The van der Waals surface area contributed by atoms with E-state index in [1.165, 1.54) is 16.3 Å². The van der Waals surface area contributed by atoms with Gasteiger partial charge < -0.3 is 4.90 Å². The molecule has 1 aliphatic heterocycles. The molecular formula is C23H34N2Si. The van der Waals surface area contributed by atoms with E-state index in [4.69, 9.17) is 4.99 Å². The third-order valence-electron chi connectivity index (χ3n) is 5.52. The summed E-state index contributed by atoms with van der Waals surface area (Å²) < 4.78 is 0. The fourth-order valence-electron chi connectivity index (χ4n) is 3.51. The molecule has 0 saturated carbocycles. The number of benzene rings is 1. The Morgan fingerprint density at radius 3 is 2.54 bits per heavy atom. The lowest BCUT2D eigenvalue weighted by Crippen LogP contribution is -2.36. The monoisotopic (exact) mass is 366 g/mol. The maximum absolute atomic E-state index is 4.92. The minimum atomic E-state index is -1.30. The third kappa shape index (κ3) is 4.64. The van der Waals surface area contributed by atoms with Gasteiger partial charge in [-0.2, -0.15) is 0 Å². The van der Waals surface area contributed by atoms with Gasteiger partial charge in [0, 0.05) is 12.6 Å². The smallest absolute Gasteiger partial charge is 0.0739 e. The first-order valence-electron chi connectivity index (χ1n) is 9.54. The molecule has 0 aliphatic carbocycles. The Kier molecular flexibility index (Phi) is 6.46. The first-order chi connectivity index (χ1) is 12.1. The zero-order valence-electron chi connectivity index (χ0n) is 17.3. The van der Waals surface area contributed by atoms with E-state index in [-0.39, 0.29) is 6.04 Å². The Hall–Kier alpha value is -1.87. The second-order valence-corrected chi connectivity index (χ2v) is 13.8. The largest absolute Gasteiger partial charge is 0.372 e. The Bertz CT molecular complexity index is 737. The lowest BCUT2D eigenvalue weighted by atomic mass is 9.91. The van der Waals surface area contributed by atoms with E-state index in [0.29, 0.717) is 5.92 Å². The molecule has 2 nitrogen and oxygen atoms in total. The van der Waals surface area contributed by atoms with Crippen LogP contribution in [-0.4, -0.2) is 31.8 Å². The maximum Gasteiger partial charge on any atom is 0.0739 e. The number of aryl methyl sites for hydroxylation is 1. The normalized spacial score (nSPS) is 21.8. The lowest BCUT2D eigenvalue weighted by molar-refractivity contribution is 0.270. The molecule has 2 rings (SSSR count). The average Bonchev–Trinajstić information content (AvgIpc) is 2.61. The number of nitrogens with zero attached hydrogens (tertiary/aromatic N) is 2. The van der Waals surface area contributed by atoms with Crippen molar-refractivity contribution in [1.82, 2.24) is 4.90 Å². The number of fused-ring (bicyclic) bond motifs is 1. The van der Waals surface area contributed by atoms with Crippen LogP contribution in [0.1, 0.15) is 31.4 Å². The van der Waals surface area contributed by atoms with Gasteiger partial charge in [0.25, 0.3) is 0 Å². The van der Waals surface area contributed by atoms with Crippen LogP contribution in [0.3, 0.4) is 0 Å². The second-order valence-electron chi connectivity index (χ2n) is 8.54. The van der Waals surface area contributed by atoms with Crippen LogP contribution in [0.5, 0.6) is 0 Å². The first-order valence-corrected chi connectivity index (χ1v) is 13.0. The quantitative estimate of drug-likeness (QED) is 0.611. The van der Waals surface area contributed by atoms with Gasteiger partial charge in [-0.15, -0.1) is 0 Å². The van der Waals surface area contributed by atoms with Gasteiger partial charge in [-0.3, -0.25) is 4.99 Å². The van der Waals surface area contributed by atoms with E-state index in [1.54, 1.807) is 0 Å². The van der Waals surface area contributed by atoms with Gasteiger partial charge in [0.1, 0.15) is 0 Å². The average molecular weight is 367 g/mol. The van der Waals surface area contributed by atoms with Crippen molar-refractivity contribution in [3.63, 3.8) is 0 Å². The summed E-state index contributed by atoms with van der Waals surface area (Å²) in [6, 6.07) is 8.74. The molecule has 140 valence electrons. The highest BCUT2D eigenvalue weighted by molar-refractivity contribution is 6.82. The van der Waals surface area contributed by atoms with Gasteiger partial charge in [-0.25, -0.2) is 0 Å². The SMILES string of the molecule is C=CC1=NC(=C)C(N(C)/C=C(\C)[Si](C)(C)C)C(C)CCc2ccccc21. The zero-order valence-corrected chi connectivity index (χ0v) is 18.3. The van der Waals surface area contributed by atoms with Crippen LogP contribution >= 0.6 is 0 Å². The third-order valence-corrected chi connectivity index (χ3v) is 8.01. The van der Waals surface area contributed by atoms with Crippen molar-refractivity contribution in [2.45, 2.75) is 52.4 Å². The minimum Gasteiger partial charge on any atom is -0.372 e. The first kappa shape index (κ1) is 20.4. The summed E-state index contributed by atoms with van der Waals surface area (Å²) in [6.07, 6.45) is 6.36.